The fourth-order valence-corrected chi connectivity index (χ4v) is 8.23. The molecule has 2 saturated carbocycles. The molecule has 4 aliphatic rings. The number of nitrogens with one attached hydrogen (secondary N) is 1. The molecular weight excluding hydrogens is 736 g/mol. The smallest absolute Gasteiger partial charge is 0.374 e. The summed E-state index contributed by atoms with van der Waals surface area (Å²) in [4.78, 5) is 11.4. The fourth-order valence-electron chi connectivity index (χ4n) is 8.23. The maximum Gasteiger partial charge on any atom is 0.416 e. The standard InChI is InChI=1S/C24H30F2N2O.C22H25F3N2O/c1-23(25,26)20-14-21(27-22(15-20)18-8-9-18)16-29-17-24(10-12-28(2)13-11-24)19-6-4-3-5-7-19;23-22(24,25)18-12-19(27-20(13-18)16-6-7-16)14-28-15-21(8-10-26-11-9-21)17-4-2-1-3-5-17/h3-7,14-15,18H,8-13,16-17H2,1-2H3;1-5,12-13,16,26H,6-11,14-15H2. The van der Waals surface area contributed by atoms with Crippen LogP contribution in [0.4, 0.5) is 22.0 Å². The van der Waals surface area contributed by atoms with Crippen LogP contribution in [0.1, 0.15) is 115 Å². The Balaban J connectivity index is 0.000000174. The predicted molar refractivity (Wildman–Crippen MR) is 211 cm³/mol. The lowest BCUT2D eigenvalue weighted by molar-refractivity contribution is -0.137. The van der Waals surface area contributed by atoms with Crippen LogP contribution in [0.15, 0.2) is 84.9 Å². The third kappa shape index (κ3) is 10.8. The number of ether oxygens (including phenoxy) is 2. The van der Waals surface area contributed by atoms with E-state index in [1.54, 1.807) is 6.07 Å². The van der Waals surface area contributed by atoms with E-state index >= 15 is 0 Å². The second-order valence-corrected chi connectivity index (χ2v) is 16.8. The zero-order chi connectivity index (χ0) is 40.1. The first-order chi connectivity index (χ1) is 27.3. The van der Waals surface area contributed by atoms with Crippen molar-refractivity contribution in [2.24, 2.45) is 0 Å². The number of likely N-dealkylation sites (tertiary alicyclic amines) is 1. The van der Waals surface area contributed by atoms with Gasteiger partial charge in [0, 0.05) is 46.5 Å². The molecule has 0 bridgehead atoms. The van der Waals surface area contributed by atoms with Crippen LogP contribution in [0.2, 0.25) is 0 Å². The van der Waals surface area contributed by atoms with Gasteiger partial charge in [0.05, 0.1) is 43.4 Å². The first-order valence-corrected chi connectivity index (χ1v) is 20.5. The van der Waals surface area contributed by atoms with Crippen LogP contribution in [0.25, 0.3) is 0 Å². The minimum absolute atomic E-state index is 0.0284. The summed E-state index contributed by atoms with van der Waals surface area (Å²) in [5.74, 6) is -2.36. The molecule has 2 aliphatic heterocycles. The quantitative estimate of drug-likeness (QED) is 0.136. The zero-order valence-corrected chi connectivity index (χ0v) is 33.1. The molecule has 0 atom stereocenters. The highest BCUT2D eigenvalue weighted by Gasteiger charge is 2.38. The van der Waals surface area contributed by atoms with Gasteiger partial charge in [0.15, 0.2) is 0 Å². The fraction of sp³-hybridized carbons (Fsp3) is 0.522. The summed E-state index contributed by atoms with van der Waals surface area (Å²) >= 11 is 0. The van der Waals surface area contributed by atoms with Gasteiger partial charge < -0.3 is 19.7 Å². The molecule has 4 fully saturated rings. The molecule has 0 radical (unpaired) electrons. The highest BCUT2D eigenvalue weighted by atomic mass is 19.4. The Bertz CT molecular complexity index is 1900. The van der Waals surface area contributed by atoms with Gasteiger partial charge in [-0.25, -0.2) is 8.78 Å². The summed E-state index contributed by atoms with van der Waals surface area (Å²) in [6, 6.07) is 26.2. The SMILES string of the molecule is CN1CCC(COCc2cc(C(C)(F)F)cc(C3CC3)n2)(c2ccccc2)CC1.FC(F)(F)c1cc(COCC2(c3ccccc3)CCNCC2)nc(C2CC2)c1. The van der Waals surface area contributed by atoms with Crippen LogP contribution < -0.4 is 5.32 Å². The Labute approximate surface area is 333 Å². The van der Waals surface area contributed by atoms with Crippen molar-refractivity contribution in [2.45, 2.75) is 106 Å². The van der Waals surface area contributed by atoms with E-state index in [2.05, 4.69) is 63.6 Å². The number of halogens is 5. The van der Waals surface area contributed by atoms with E-state index in [0.717, 1.165) is 96.2 Å². The van der Waals surface area contributed by atoms with Gasteiger partial charge in [-0.3, -0.25) is 9.97 Å². The first kappa shape index (κ1) is 41.4. The summed E-state index contributed by atoms with van der Waals surface area (Å²) in [6.45, 7) is 6.26. The molecule has 0 spiro atoms. The van der Waals surface area contributed by atoms with Gasteiger partial charge in [0.25, 0.3) is 5.92 Å². The van der Waals surface area contributed by atoms with E-state index in [4.69, 9.17) is 9.47 Å². The molecule has 57 heavy (non-hydrogen) atoms. The summed E-state index contributed by atoms with van der Waals surface area (Å²) < 4.78 is 79.8. The molecule has 306 valence electrons. The van der Waals surface area contributed by atoms with E-state index in [0.29, 0.717) is 36.2 Å². The number of piperidine rings is 2. The molecule has 4 aromatic rings. The molecule has 1 N–H and O–H groups in total. The maximum absolute atomic E-state index is 14.0. The van der Waals surface area contributed by atoms with E-state index in [1.165, 1.54) is 23.3 Å². The topological polar surface area (TPSA) is 59.5 Å². The van der Waals surface area contributed by atoms with Crippen molar-refractivity contribution in [2.75, 3.05) is 46.4 Å². The zero-order valence-electron chi connectivity index (χ0n) is 33.1. The van der Waals surface area contributed by atoms with Crippen LogP contribution in [-0.4, -0.2) is 61.3 Å². The van der Waals surface area contributed by atoms with Gasteiger partial charge in [0.2, 0.25) is 0 Å². The van der Waals surface area contributed by atoms with Crippen molar-refractivity contribution in [3.05, 3.63) is 130 Å². The third-order valence-electron chi connectivity index (χ3n) is 12.2. The number of rotatable bonds is 13. The highest BCUT2D eigenvalue weighted by molar-refractivity contribution is 5.31. The van der Waals surface area contributed by atoms with Gasteiger partial charge in [-0.1, -0.05) is 60.7 Å². The molecule has 0 unspecified atom stereocenters. The van der Waals surface area contributed by atoms with Crippen molar-refractivity contribution in [1.82, 2.24) is 20.2 Å². The molecular formula is C46H55F5N4O2. The number of benzene rings is 2. The molecule has 2 saturated heterocycles. The van der Waals surface area contributed by atoms with Gasteiger partial charge in [-0.15, -0.1) is 0 Å². The van der Waals surface area contributed by atoms with Crippen LogP contribution in [0.5, 0.6) is 0 Å². The Kier molecular flexibility index (Phi) is 12.8. The Hall–Kier alpha value is -3.77. The predicted octanol–water partition coefficient (Wildman–Crippen LogP) is 10.1. The van der Waals surface area contributed by atoms with Gasteiger partial charge in [0.1, 0.15) is 0 Å². The van der Waals surface area contributed by atoms with E-state index in [-0.39, 0.29) is 35.5 Å². The van der Waals surface area contributed by atoms with Crippen LogP contribution in [0, 0.1) is 0 Å². The first-order valence-electron chi connectivity index (χ1n) is 20.5. The van der Waals surface area contributed by atoms with Gasteiger partial charge in [-0.05, 0) is 120 Å². The third-order valence-corrected chi connectivity index (χ3v) is 12.2. The summed E-state index contributed by atoms with van der Waals surface area (Å²) in [6.07, 6.45) is 3.50. The number of pyridine rings is 2. The molecule has 11 heteroatoms. The van der Waals surface area contributed by atoms with Gasteiger partial charge in [-0.2, -0.15) is 13.2 Å². The Morgan fingerprint density at radius 1 is 0.649 bits per heavy atom. The lowest BCUT2D eigenvalue weighted by atomic mass is 9.73. The number of aromatic nitrogens is 2. The maximum atomic E-state index is 14.0. The monoisotopic (exact) mass is 790 g/mol. The van der Waals surface area contributed by atoms with Crippen LogP contribution in [0.3, 0.4) is 0 Å². The number of hydrogen-bond donors (Lipinski definition) is 1. The summed E-state index contributed by atoms with van der Waals surface area (Å²) in [5, 5.41) is 3.38. The van der Waals surface area contributed by atoms with E-state index < -0.39 is 17.7 Å². The summed E-state index contributed by atoms with van der Waals surface area (Å²) in [7, 11) is 2.15. The molecule has 0 amide bonds. The molecule has 2 aliphatic carbocycles. The second-order valence-electron chi connectivity index (χ2n) is 16.8. The van der Waals surface area contributed by atoms with E-state index in [9.17, 15) is 22.0 Å². The van der Waals surface area contributed by atoms with Gasteiger partial charge >= 0.3 is 6.18 Å². The van der Waals surface area contributed by atoms with Crippen molar-refractivity contribution in [1.29, 1.82) is 0 Å². The second kappa shape index (κ2) is 17.6. The average Bonchev–Trinajstić information content (AvgIpc) is 4.14. The average molecular weight is 791 g/mol. The normalized spacial score (nSPS) is 19.8. The molecule has 4 heterocycles. The Morgan fingerprint density at radius 2 is 1.09 bits per heavy atom. The lowest BCUT2D eigenvalue weighted by Gasteiger charge is -2.41. The molecule has 8 rings (SSSR count). The summed E-state index contributed by atoms with van der Waals surface area (Å²) in [5.41, 5.74) is 4.14. The van der Waals surface area contributed by atoms with Crippen molar-refractivity contribution < 1.29 is 31.4 Å². The van der Waals surface area contributed by atoms with E-state index in [1.807, 2.05) is 24.3 Å². The number of alkyl halides is 5. The van der Waals surface area contributed by atoms with Crippen molar-refractivity contribution >= 4 is 0 Å². The highest BCUT2D eigenvalue weighted by Crippen LogP contribution is 2.43. The van der Waals surface area contributed by atoms with Crippen LogP contribution in [-0.2, 0) is 45.6 Å². The lowest BCUT2D eigenvalue weighted by Crippen LogP contribution is -2.43. The minimum Gasteiger partial charge on any atom is -0.374 e. The molecule has 2 aromatic carbocycles. The number of nitrogens with zero attached hydrogens (tertiary/aromatic N) is 3. The largest absolute Gasteiger partial charge is 0.416 e. The Morgan fingerprint density at radius 3 is 1.53 bits per heavy atom. The minimum atomic E-state index is -4.36. The van der Waals surface area contributed by atoms with Crippen molar-refractivity contribution in [3.8, 4) is 0 Å². The molecule has 2 aromatic heterocycles. The molecule has 6 nitrogen and oxygen atoms in total. The van der Waals surface area contributed by atoms with Crippen molar-refractivity contribution in [3.63, 3.8) is 0 Å². The van der Waals surface area contributed by atoms with Crippen LogP contribution >= 0.6 is 0 Å². The number of hydrogen-bond acceptors (Lipinski definition) is 6.